The van der Waals surface area contributed by atoms with Crippen molar-refractivity contribution >= 4 is 17.7 Å². The lowest BCUT2D eigenvalue weighted by Gasteiger charge is -2.11. The van der Waals surface area contributed by atoms with Crippen molar-refractivity contribution < 1.29 is 9.59 Å². The normalized spacial score (nSPS) is 9.44. The first-order valence-electron chi connectivity index (χ1n) is 4.85. The molecule has 0 aliphatic carbocycles. The summed E-state index contributed by atoms with van der Waals surface area (Å²) in [6.45, 7) is 1.92. The summed E-state index contributed by atoms with van der Waals surface area (Å²) in [6.07, 6.45) is 0. The number of hydrogen-bond acceptors (Lipinski definition) is 2. The molecule has 0 unspecified atom stereocenters. The molecule has 0 radical (unpaired) electrons. The van der Waals surface area contributed by atoms with Gasteiger partial charge in [0.15, 0.2) is 0 Å². The molecule has 5 heteroatoms. The standard InChI is InChI=1S/C11H15N3O2/c1-8-5-4-6-9(7-8)12-10(15)13-11(16)14(2)3/h4-7H,1-3H3,(H2,12,13,15,16). The number of anilines is 1. The second-order valence-electron chi connectivity index (χ2n) is 3.65. The first-order valence-corrected chi connectivity index (χ1v) is 4.85. The second kappa shape index (κ2) is 5.16. The van der Waals surface area contributed by atoms with E-state index in [1.165, 1.54) is 4.90 Å². The fraction of sp³-hybridized carbons (Fsp3) is 0.273. The molecule has 0 aliphatic heterocycles. The van der Waals surface area contributed by atoms with Crippen LogP contribution in [-0.2, 0) is 0 Å². The molecule has 0 fully saturated rings. The van der Waals surface area contributed by atoms with Crippen LogP contribution in [0.5, 0.6) is 0 Å². The van der Waals surface area contributed by atoms with E-state index in [1.807, 2.05) is 25.1 Å². The molecule has 0 bridgehead atoms. The van der Waals surface area contributed by atoms with E-state index in [4.69, 9.17) is 0 Å². The summed E-state index contributed by atoms with van der Waals surface area (Å²) in [5.74, 6) is 0. The Hall–Kier alpha value is -2.04. The van der Waals surface area contributed by atoms with E-state index in [9.17, 15) is 9.59 Å². The topological polar surface area (TPSA) is 61.4 Å². The number of urea groups is 2. The molecular weight excluding hydrogens is 206 g/mol. The van der Waals surface area contributed by atoms with Crippen molar-refractivity contribution in [3.63, 3.8) is 0 Å². The molecule has 0 atom stereocenters. The fourth-order valence-electron chi connectivity index (χ4n) is 1.09. The maximum Gasteiger partial charge on any atom is 0.327 e. The van der Waals surface area contributed by atoms with Gasteiger partial charge in [-0.3, -0.25) is 5.32 Å². The van der Waals surface area contributed by atoms with Gasteiger partial charge < -0.3 is 10.2 Å². The lowest BCUT2D eigenvalue weighted by molar-refractivity contribution is 0.214. The van der Waals surface area contributed by atoms with Gasteiger partial charge in [0.25, 0.3) is 0 Å². The van der Waals surface area contributed by atoms with Crippen LogP contribution in [0.2, 0.25) is 0 Å². The molecule has 2 N–H and O–H groups in total. The molecule has 86 valence electrons. The number of nitrogens with one attached hydrogen (secondary N) is 2. The maximum absolute atomic E-state index is 11.4. The Balaban J connectivity index is 2.55. The summed E-state index contributed by atoms with van der Waals surface area (Å²) in [6, 6.07) is 6.34. The molecule has 1 rings (SSSR count). The summed E-state index contributed by atoms with van der Waals surface area (Å²) in [5, 5.41) is 4.76. The third-order valence-corrected chi connectivity index (χ3v) is 1.90. The van der Waals surface area contributed by atoms with Gasteiger partial charge >= 0.3 is 12.1 Å². The van der Waals surface area contributed by atoms with E-state index in [2.05, 4.69) is 10.6 Å². The zero-order chi connectivity index (χ0) is 12.1. The van der Waals surface area contributed by atoms with E-state index < -0.39 is 12.1 Å². The number of carbonyl (C=O) groups excluding carboxylic acids is 2. The predicted molar refractivity (Wildman–Crippen MR) is 62.4 cm³/mol. The van der Waals surface area contributed by atoms with Crippen molar-refractivity contribution in [1.82, 2.24) is 10.2 Å². The van der Waals surface area contributed by atoms with Crippen LogP contribution in [0.3, 0.4) is 0 Å². The number of hydrogen-bond donors (Lipinski definition) is 2. The minimum atomic E-state index is -0.538. The number of nitrogens with zero attached hydrogens (tertiary/aromatic N) is 1. The Morgan fingerprint density at radius 3 is 2.50 bits per heavy atom. The highest BCUT2D eigenvalue weighted by molar-refractivity contribution is 6.00. The summed E-state index contributed by atoms with van der Waals surface area (Å²) in [7, 11) is 3.13. The van der Waals surface area contributed by atoms with Crippen molar-refractivity contribution in [2.24, 2.45) is 0 Å². The van der Waals surface area contributed by atoms with Gasteiger partial charge in [-0.1, -0.05) is 12.1 Å². The van der Waals surface area contributed by atoms with E-state index in [0.717, 1.165) is 5.56 Å². The quantitative estimate of drug-likeness (QED) is 0.759. The van der Waals surface area contributed by atoms with Crippen molar-refractivity contribution in [3.05, 3.63) is 29.8 Å². The minimum Gasteiger partial charge on any atom is -0.331 e. The first-order chi connectivity index (χ1) is 7.49. The van der Waals surface area contributed by atoms with Crippen LogP contribution in [0.15, 0.2) is 24.3 Å². The molecule has 16 heavy (non-hydrogen) atoms. The lowest BCUT2D eigenvalue weighted by Crippen LogP contribution is -2.40. The van der Waals surface area contributed by atoms with Crippen LogP contribution in [0.1, 0.15) is 5.56 Å². The zero-order valence-electron chi connectivity index (χ0n) is 9.57. The summed E-state index contributed by atoms with van der Waals surface area (Å²) < 4.78 is 0. The Labute approximate surface area is 94.4 Å². The largest absolute Gasteiger partial charge is 0.331 e. The zero-order valence-corrected chi connectivity index (χ0v) is 9.57. The predicted octanol–water partition coefficient (Wildman–Crippen LogP) is 1.80. The molecule has 5 nitrogen and oxygen atoms in total. The number of carbonyl (C=O) groups is 2. The third kappa shape index (κ3) is 3.61. The number of benzene rings is 1. The van der Waals surface area contributed by atoms with Crippen LogP contribution < -0.4 is 10.6 Å². The van der Waals surface area contributed by atoms with Crippen molar-refractivity contribution in [2.45, 2.75) is 6.92 Å². The highest BCUT2D eigenvalue weighted by atomic mass is 16.2. The summed E-state index contributed by atoms with van der Waals surface area (Å²) in [4.78, 5) is 23.8. The number of aryl methyl sites for hydroxylation is 1. The molecule has 0 saturated heterocycles. The van der Waals surface area contributed by atoms with Gasteiger partial charge in [0.05, 0.1) is 0 Å². The number of rotatable bonds is 1. The molecule has 0 spiro atoms. The Bertz CT molecular complexity index is 402. The SMILES string of the molecule is Cc1cccc(NC(=O)NC(=O)N(C)C)c1. The molecule has 0 heterocycles. The van der Waals surface area contributed by atoms with Crippen LogP contribution >= 0.6 is 0 Å². The molecule has 0 aromatic heterocycles. The smallest absolute Gasteiger partial charge is 0.327 e. The fourth-order valence-corrected chi connectivity index (χ4v) is 1.09. The average molecular weight is 221 g/mol. The number of amides is 4. The Morgan fingerprint density at radius 2 is 1.94 bits per heavy atom. The van der Waals surface area contributed by atoms with E-state index >= 15 is 0 Å². The summed E-state index contributed by atoms with van der Waals surface area (Å²) >= 11 is 0. The molecule has 1 aromatic rings. The highest BCUT2D eigenvalue weighted by Gasteiger charge is 2.08. The molecule has 4 amide bonds. The Morgan fingerprint density at radius 1 is 1.25 bits per heavy atom. The van der Waals surface area contributed by atoms with Gasteiger partial charge in [0.1, 0.15) is 0 Å². The molecule has 0 aliphatic rings. The van der Waals surface area contributed by atoms with E-state index in [1.54, 1.807) is 20.2 Å². The Kier molecular flexibility index (Phi) is 3.88. The van der Waals surface area contributed by atoms with E-state index in [0.29, 0.717) is 5.69 Å². The second-order valence-corrected chi connectivity index (χ2v) is 3.65. The van der Waals surface area contributed by atoms with Crippen molar-refractivity contribution in [3.8, 4) is 0 Å². The molecule has 1 aromatic carbocycles. The van der Waals surface area contributed by atoms with Gasteiger partial charge in [0, 0.05) is 19.8 Å². The van der Waals surface area contributed by atoms with Gasteiger partial charge in [-0.2, -0.15) is 0 Å². The average Bonchev–Trinajstić information content (AvgIpc) is 2.16. The van der Waals surface area contributed by atoms with E-state index in [-0.39, 0.29) is 0 Å². The van der Waals surface area contributed by atoms with Crippen LogP contribution in [0.4, 0.5) is 15.3 Å². The lowest BCUT2D eigenvalue weighted by atomic mass is 10.2. The molecular formula is C11H15N3O2. The van der Waals surface area contributed by atoms with Gasteiger partial charge in [-0.05, 0) is 24.6 Å². The van der Waals surface area contributed by atoms with Crippen LogP contribution in [0.25, 0.3) is 0 Å². The monoisotopic (exact) mass is 221 g/mol. The van der Waals surface area contributed by atoms with Crippen molar-refractivity contribution in [2.75, 3.05) is 19.4 Å². The number of imide groups is 1. The maximum atomic E-state index is 11.4. The highest BCUT2D eigenvalue weighted by Crippen LogP contribution is 2.08. The van der Waals surface area contributed by atoms with Crippen LogP contribution in [-0.4, -0.2) is 31.1 Å². The van der Waals surface area contributed by atoms with Crippen molar-refractivity contribution in [1.29, 1.82) is 0 Å². The minimum absolute atomic E-state index is 0.454. The van der Waals surface area contributed by atoms with Gasteiger partial charge in [0.2, 0.25) is 0 Å². The van der Waals surface area contributed by atoms with Gasteiger partial charge in [-0.25, -0.2) is 9.59 Å². The third-order valence-electron chi connectivity index (χ3n) is 1.90. The van der Waals surface area contributed by atoms with Crippen LogP contribution in [0, 0.1) is 6.92 Å². The van der Waals surface area contributed by atoms with Gasteiger partial charge in [-0.15, -0.1) is 0 Å². The summed E-state index contributed by atoms with van der Waals surface area (Å²) in [5.41, 5.74) is 1.70. The first kappa shape index (κ1) is 12.0. The molecule has 0 saturated carbocycles.